The van der Waals surface area contributed by atoms with Gasteiger partial charge in [-0.1, -0.05) is 31.2 Å². The lowest BCUT2D eigenvalue weighted by atomic mass is 9.99. The Kier molecular flexibility index (Phi) is 7.30. The molecular weight excluding hydrogens is 388 g/mol. The van der Waals surface area contributed by atoms with Gasteiger partial charge in [-0.2, -0.15) is 0 Å². The second-order valence-corrected chi connectivity index (χ2v) is 9.11. The molecule has 29 heavy (non-hydrogen) atoms. The molecule has 0 aliphatic heterocycles. The molecular formula is C22H30N2O4S. The molecule has 0 saturated carbocycles. The fourth-order valence-corrected chi connectivity index (χ4v) is 4.42. The lowest BCUT2D eigenvalue weighted by Crippen LogP contribution is -2.48. The quantitative estimate of drug-likeness (QED) is 0.709. The summed E-state index contributed by atoms with van der Waals surface area (Å²) >= 11 is 0. The number of rotatable bonds is 8. The zero-order valence-electron chi connectivity index (χ0n) is 17.9. The highest BCUT2D eigenvalue weighted by Crippen LogP contribution is 2.26. The molecule has 0 aliphatic rings. The maximum absolute atomic E-state index is 13.0. The fraction of sp³-hybridized carbons (Fsp3) is 0.409. The van der Waals surface area contributed by atoms with E-state index in [1.807, 2.05) is 32.9 Å². The van der Waals surface area contributed by atoms with Crippen LogP contribution in [-0.2, 0) is 14.8 Å². The Morgan fingerprint density at radius 2 is 1.83 bits per heavy atom. The molecule has 7 heteroatoms. The number of carbonyl (C=O) groups excluding carboxylic acids is 1. The first-order chi connectivity index (χ1) is 13.6. The third-order valence-electron chi connectivity index (χ3n) is 5.05. The standard InChI is InChI=1S/C22H30N2O4S/c1-7-21(18-12-11-15(2)16(3)13-18)23-22(25)17(4)24(29(6,26)27)19-9-8-10-20(14-19)28-5/h8-14,17,21H,7H2,1-6H3,(H,23,25)/t17-,21+/m0/s1. The summed E-state index contributed by atoms with van der Waals surface area (Å²) in [6.45, 7) is 7.65. The van der Waals surface area contributed by atoms with Crippen LogP contribution in [-0.4, -0.2) is 33.7 Å². The van der Waals surface area contributed by atoms with Crippen LogP contribution < -0.4 is 14.4 Å². The minimum absolute atomic E-state index is 0.198. The van der Waals surface area contributed by atoms with E-state index in [1.165, 1.54) is 12.7 Å². The van der Waals surface area contributed by atoms with Gasteiger partial charge < -0.3 is 10.1 Å². The summed E-state index contributed by atoms with van der Waals surface area (Å²) in [7, 11) is -2.18. The number of anilines is 1. The molecule has 0 heterocycles. The number of amides is 1. The van der Waals surface area contributed by atoms with Crippen LogP contribution in [0.15, 0.2) is 42.5 Å². The maximum atomic E-state index is 13.0. The van der Waals surface area contributed by atoms with Crippen LogP contribution in [0, 0.1) is 13.8 Å². The van der Waals surface area contributed by atoms with Gasteiger partial charge in [0.05, 0.1) is 25.1 Å². The van der Waals surface area contributed by atoms with Gasteiger partial charge in [0.15, 0.2) is 0 Å². The van der Waals surface area contributed by atoms with Crippen LogP contribution in [0.25, 0.3) is 0 Å². The lowest BCUT2D eigenvalue weighted by molar-refractivity contribution is -0.122. The molecule has 0 fully saturated rings. The number of hydrogen-bond donors (Lipinski definition) is 1. The van der Waals surface area contributed by atoms with E-state index in [9.17, 15) is 13.2 Å². The summed E-state index contributed by atoms with van der Waals surface area (Å²) in [6.07, 6.45) is 1.79. The van der Waals surface area contributed by atoms with E-state index >= 15 is 0 Å². The normalized spacial score (nSPS) is 13.4. The highest BCUT2D eigenvalue weighted by atomic mass is 32.2. The summed E-state index contributed by atoms with van der Waals surface area (Å²) < 4.78 is 31.3. The summed E-state index contributed by atoms with van der Waals surface area (Å²) in [5.41, 5.74) is 3.72. The van der Waals surface area contributed by atoms with Crippen molar-refractivity contribution in [2.45, 2.75) is 46.2 Å². The third-order valence-corrected chi connectivity index (χ3v) is 6.30. The summed E-state index contributed by atoms with van der Waals surface area (Å²) in [6, 6.07) is 11.6. The Morgan fingerprint density at radius 1 is 1.14 bits per heavy atom. The first-order valence-electron chi connectivity index (χ1n) is 9.59. The van der Waals surface area contributed by atoms with Gasteiger partial charge >= 0.3 is 0 Å². The summed E-state index contributed by atoms with van der Waals surface area (Å²) in [5, 5.41) is 3.00. The van der Waals surface area contributed by atoms with Crippen molar-refractivity contribution in [2.75, 3.05) is 17.7 Å². The van der Waals surface area contributed by atoms with Crippen LogP contribution in [0.1, 0.15) is 43.0 Å². The van der Waals surface area contributed by atoms with Crippen molar-refractivity contribution in [3.8, 4) is 5.75 Å². The first-order valence-corrected chi connectivity index (χ1v) is 11.4. The number of nitrogens with zero attached hydrogens (tertiary/aromatic N) is 1. The topological polar surface area (TPSA) is 75.7 Å². The van der Waals surface area contributed by atoms with Crippen LogP contribution in [0.4, 0.5) is 5.69 Å². The molecule has 2 aromatic carbocycles. The predicted octanol–water partition coefficient (Wildman–Crippen LogP) is 3.73. The second kappa shape index (κ2) is 9.31. The van der Waals surface area contributed by atoms with Gasteiger partial charge in [-0.15, -0.1) is 0 Å². The number of aryl methyl sites for hydroxylation is 2. The first kappa shape index (κ1) is 22.7. The zero-order valence-corrected chi connectivity index (χ0v) is 18.7. The Bertz CT molecular complexity index is 973. The van der Waals surface area contributed by atoms with Gasteiger partial charge in [0.2, 0.25) is 15.9 Å². The smallest absolute Gasteiger partial charge is 0.244 e. The van der Waals surface area contributed by atoms with E-state index < -0.39 is 16.1 Å². The molecule has 2 atom stereocenters. The van der Waals surface area contributed by atoms with Crippen molar-refractivity contribution >= 4 is 21.6 Å². The van der Waals surface area contributed by atoms with Gasteiger partial charge in [-0.25, -0.2) is 8.42 Å². The Labute approximate surface area is 173 Å². The van der Waals surface area contributed by atoms with Gasteiger partial charge in [0.1, 0.15) is 11.8 Å². The summed E-state index contributed by atoms with van der Waals surface area (Å²) in [4.78, 5) is 13.0. The van der Waals surface area contributed by atoms with Crippen molar-refractivity contribution in [1.29, 1.82) is 0 Å². The molecule has 6 nitrogen and oxygen atoms in total. The van der Waals surface area contributed by atoms with E-state index in [2.05, 4.69) is 11.4 Å². The minimum Gasteiger partial charge on any atom is -0.497 e. The molecule has 0 bridgehead atoms. The summed E-state index contributed by atoms with van der Waals surface area (Å²) in [5.74, 6) is 0.161. The molecule has 1 amide bonds. The van der Waals surface area contributed by atoms with E-state index in [4.69, 9.17) is 4.74 Å². The van der Waals surface area contributed by atoms with E-state index in [1.54, 1.807) is 31.2 Å². The van der Waals surface area contributed by atoms with E-state index in [-0.39, 0.29) is 11.9 Å². The number of carbonyl (C=O) groups is 1. The Hall–Kier alpha value is -2.54. The second-order valence-electron chi connectivity index (χ2n) is 7.25. The van der Waals surface area contributed by atoms with E-state index in [0.29, 0.717) is 17.9 Å². The van der Waals surface area contributed by atoms with Crippen molar-refractivity contribution in [1.82, 2.24) is 5.32 Å². The minimum atomic E-state index is -3.69. The van der Waals surface area contributed by atoms with Crippen molar-refractivity contribution in [3.63, 3.8) is 0 Å². The van der Waals surface area contributed by atoms with Gasteiger partial charge in [0, 0.05) is 6.07 Å². The monoisotopic (exact) mass is 418 g/mol. The van der Waals surface area contributed by atoms with Gasteiger partial charge in [-0.3, -0.25) is 9.10 Å². The molecule has 2 rings (SSSR count). The van der Waals surface area contributed by atoms with E-state index in [0.717, 1.165) is 21.7 Å². The van der Waals surface area contributed by atoms with Crippen LogP contribution in [0.3, 0.4) is 0 Å². The number of sulfonamides is 1. The van der Waals surface area contributed by atoms with Crippen LogP contribution >= 0.6 is 0 Å². The SMILES string of the molecule is CC[C@@H](NC(=O)[C@H](C)N(c1cccc(OC)c1)S(C)(=O)=O)c1ccc(C)c(C)c1. The van der Waals surface area contributed by atoms with Crippen molar-refractivity contribution < 1.29 is 17.9 Å². The number of methoxy groups -OCH3 is 1. The molecule has 0 unspecified atom stereocenters. The van der Waals surface area contributed by atoms with Crippen LogP contribution in [0.2, 0.25) is 0 Å². The molecule has 0 radical (unpaired) electrons. The highest BCUT2D eigenvalue weighted by molar-refractivity contribution is 7.92. The third kappa shape index (κ3) is 5.50. The average Bonchev–Trinajstić information content (AvgIpc) is 2.67. The van der Waals surface area contributed by atoms with Crippen molar-refractivity contribution in [2.24, 2.45) is 0 Å². The van der Waals surface area contributed by atoms with Gasteiger partial charge in [-0.05, 0) is 56.0 Å². The molecule has 0 aromatic heterocycles. The number of nitrogens with one attached hydrogen (secondary N) is 1. The average molecular weight is 419 g/mol. The number of benzene rings is 2. The molecule has 0 saturated heterocycles. The molecule has 0 aliphatic carbocycles. The lowest BCUT2D eigenvalue weighted by Gasteiger charge is -2.30. The van der Waals surface area contributed by atoms with Crippen molar-refractivity contribution in [3.05, 3.63) is 59.2 Å². The van der Waals surface area contributed by atoms with Crippen LogP contribution in [0.5, 0.6) is 5.75 Å². The predicted molar refractivity (Wildman–Crippen MR) is 117 cm³/mol. The number of hydrogen-bond acceptors (Lipinski definition) is 4. The fourth-order valence-electron chi connectivity index (χ4n) is 3.25. The molecule has 1 N–H and O–H groups in total. The molecule has 2 aromatic rings. The Morgan fingerprint density at radius 3 is 2.38 bits per heavy atom. The number of ether oxygens (including phenoxy) is 1. The maximum Gasteiger partial charge on any atom is 0.244 e. The molecule has 0 spiro atoms. The zero-order chi connectivity index (χ0) is 21.8. The molecule has 158 valence electrons. The Balaban J connectivity index is 2.31. The van der Waals surface area contributed by atoms with Gasteiger partial charge in [0.25, 0.3) is 0 Å². The largest absolute Gasteiger partial charge is 0.497 e. The highest BCUT2D eigenvalue weighted by Gasteiger charge is 2.30.